The number of allylic oxidation sites excluding steroid dienone is 2. The van der Waals surface area contributed by atoms with Crippen molar-refractivity contribution in [1.82, 2.24) is 9.88 Å². The fourth-order valence-corrected chi connectivity index (χ4v) is 10.9. The predicted molar refractivity (Wildman–Crippen MR) is 276 cm³/mol. The van der Waals surface area contributed by atoms with Crippen molar-refractivity contribution in [3.63, 3.8) is 0 Å². The Kier molecular flexibility index (Phi) is 19.6. The van der Waals surface area contributed by atoms with Crippen LogP contribution in [0.1, 0.15) is 135 Å². The quantitative estimate of drug-likeness (QED) is 0.0191. The second kappa shape index (κ2) is 24.7. The van der Waals surface area contributed by atoms with Gasteiger partial charge in [0.1, 0.15) is 24.6 Å². The Labute approximate surface area is 427 Å². The number of fused-ring (bicyclic) bond motifs is 1. The lowest BCUT2D eigenvalue weighted by molar-refractivity contribution is -0.385. The van der Waals surface area contributed by atoms with Crippen LogP contribution in [0.15, 0.2) is 72.9 Å². The van der Waals surface area contributed by atoms with E-state index in [9.17, 15) is 34.1 Å². The molecule has 0 radical (unpaired) electrons. The summed E-state index contributed by atoms with van der Waals surface area (Å²) in [6, 6.07) is 9.50. The van der Waals surface area contributed by atoms with Crippen LogP contribution in [-0.4, -0.2) is 77.6 Å². The Morgan fingerprint density at radius 2 is 1.75 bits per heavy atom. The number of imide groups is 1. The number of carbonyl (C=O) groups excluding carboxylic acids is 6. The molecule has 390 valence electrons. The molecule has 2 aromatic carbocycles. The standard InChI is InChI=1S/C54H71N3O13SSi/c1-12-17-39-50(70-72(10,11)53(5,6)7)35(3)19-16-18-34(2)21-24-42(38-23-26-44-40(31-38)55-36(4)71-44)67-49(61)32-45(54(8,9)51(39)62)69-52(63)66-33-37-22-25-43(41(30-37)57(64)65)68-48(60)20-14-13-15-29-56-46(58)27-28-47(56)59/h12,21-23,25-28,30-31,35,39,42,45,50H,1,13-20,24,29,32-33H2,2-11H3/t35-,39+,42-,45-,50-/m0/s1. The number of aryl methyl sites for hydroxylation is 1. The van der Waals surface area contributed by atoms with Crippen molar-refractivity contribution < 1.29 is 57.1 Å². The normalized spacial score (nSPS) is 21.6. The second-order valence-corrected chi connectivity index (χ2v) is 27.0. The van der Waals surface area contributed by atoms with E-state index in [4.69, 9.17) is 23.4 Å². The van der Waals surface area contributed by atoms with Gasteiger partial charge in [-0.25, -0.2) is 9.78 Å². The highest BCUT2D eigenvalue weighted by atomic mass is 32.1. The van der Waals surface area contributed by atoms with Crippen LogP contribution in [0.4, 0.5) is 10.5 Å². The number of hydrogen-bond donors (Lipinski definition) is 0. The summed E-state index contributed by atoms with van der Waals surface area (Å²) in [5.74, 6) is -3.61. The van der Waals surface area contributed by atoms with Gasteiger partial charge in [-0.1, -0.05) is 64.0 Å². The zero-order valence-electron chi connectivity index (χ0n) is 43.4. The lowest BCUT2D eigenvalue weighted by Gasteiger charge is -2.45. The minimum absolute atomic E-state index is 0.0606. The summed E-state index contributed by atoms with van der Waals surface area (Å²) in [7, 11) is -2.48. The van der Waals surface area contributed by atoms with Crippen LogP contribution in [0.3, 0.4) is 0 Å². The number of esters is 2. The zero-order valence-corrected chi connectivity index (χ0v) is 45.2. The fourth-order valence-electron chi connectivity index (χ4n) is 8.63. The summed E-state index contributed by atoms with van der Waals surface area (Å²) < 4.78 is 31.3. The zero-order chi connectivity index (χ0) is 53.1. The van der Waals surface area contributed by atoms with Crippen LogP contribution in [0.25, 0.3) is 10.2 Å². The Hall–Kier alpha value is -5.85. The molecular formula is C54H71N3O13SSi. The van der Waals surface area contributed by atoms with E-state index in [1.807, 2.05) is 25.1 Å². The first-order chi connectivity index (χ1) is 33.8. The van der Waals surface area contributed by atoms with Crippen molar-refractivity contribution in [1.29, 1.82) is 0 Å². The minimum atomic E-state index is -2.48. The van der Waals surface area contributed by atoms with Gasteiger partial charge in [-0.15, -0.1) is 17.9 Å². The number of carbonyl (C=O) groups is 6. The molecular weight excluding hydrogens is 959 g/mol. The SMILES string of the molecule is C=CC[C@H]1C(=O)C(C)(C)[C@@H](OC(=O)OCc2ccc(OC(=O)CCCCCN3C(=O)C=CC3=O)c([N+](=O)[O-])c2)CC(=O)O[C@H](c2ccc3sc(C)nc3c2)CC=C(C)CCC[C@H](C)[C@@H]1O[Si](C)(C)C(C)(C)C. The number of hydrogen-bond acceptors (Lipinski definition) is 15. The maximum atomic E-state index is 15.3. The highest BCUT2D eigenvalue weighted by Crippen LogP contribution is 2.43. The van der Waals surface area contributed by atoms with E-state index in [1.165, 1.54) is 24.3 Å². The predicted octanol–water partition coefficient (Wildman–Crippen LogP) is 11.9. The average Bonchev–Trinajstić information content (AvgIpc) is 3.84. The van der Waals surface area contributed by atoms with Gasteiger partial charge in [-0.2, -0.15) is 0 Å². The molecule has 0 saturated carbocycles. The molecule has 3 heterocycles. The number of unbranched alkanes of at least 4 members (excludes halogenated alkanes) is 2. The lowest BCUT2D eigenvalue weighted by Crippen LogP contribution is -2.52. The first-order valence-corrected chi connectivity index (χ1v) is 28.4. The third-order valence-electron chi connectivity index (χ3n) is 14.0. The van der Waals surface area contributed by atoms with Gasteiger partial charge in [0, 0.05) is 43.5 Å². The van der Waals surface area contributed by atoms with Crippen molar-refractivity contribution in [2.24, 2.45) is 17.3 Å². The van der Waals surface area contributed by atoms with Crippen molar-refractivity contribution >= 4 is 71.2 Å². The smallest absolute Gasteiger partial charge is 0.457 e. The average molecular weight is 1030 g/mol. The molecule has 1 aromatic heterocycles. The third-order valence-corrected chi connectivity index (χ3v) is 19.4. The van der Waals surface area contributed by atoms with Gasteiger partial charge in [-0.3, -0.25) is 39.0 Å². The molecule has 3 aromatic rings. The van der Waals surface area contributed by atoms with Crippen LogP contribution in [0, 0.1) is 34.3 Å². The third kappa shape index (κ3) is 15.1. The van der Waals surface area contributed by atoms with Crippen LogP contribution in [0.5, 0.6) is 5.75 Å². The number of ether oxygens (including phenoxy) is 4. The summed E-state index contributed by atoms with van der Waals surface area (Å²) in [6.07, 6.45) is 6.04. The Morgan fingerprint density at radius 3 is 2.42 bits per heavy atom. The van der Waals surface area contributed by atoms with Gasteiger partial charge >= 0.3 is 23.8 Å². The van der Waals surface area contributed by atoms with Crippen LogP contribution < -0.4 is 4.74 Å². The molecule has 0 N–H and O–H groups in total. The van der Waals surface area contributed by atoms with Gasteiger partial charge < -0.3 is 23.4 Å². The molecule has 0 unspecified atom stereocenters. The number of aromatic nitrogens is 1. The van der Waals surface area contributed by atoms with E-state index in [0.717, 1.165) is 56.6 Å². The van der Waals surface area contributed by atoms with E-state index in [2.05, 4.69) is 65.4 Å². The van der Waals surface area contributed by atoms with Gasteiger partial charge in [0.2, 0.25) is 5.75 Å². The summed E-state index contributed by atoms with van der Waals surface area (Å²) in [4.78, 5) is 96.8. The van der Waals surface area contributed by atoms with Gasteiger partial charge in [0.15, 0.2) is 8.32 Å². The van der Waals surface area contributed by atoms with E-state index >= 15 is 4.79 Å². The highest BCUT2D eigenvalue weighted by molar-refractivity contribution is 7.18. The Balaban J connectivity index is 1.39. The Bertz CT molecular complexity index is 2560. The van der Waals surface area contributed by atoms with Crippen molar-refractivity contribution in [3.8, 4) is 5.75 Å². The molecule has 18 heteroatoms. The van der Waals surface area contributed by atoms with Gasteiger partial charge in [-0.05, 0) is 120 Å². The molecule has 0 saturated heterocycles. The first kappa shape index (κ1) is 57.1. The molecule has 5 atom stereocenters. The molecule has 2 amide bonds. The van der Waals surface area contributed by atoms with E-state index in [1.54, 1.807) is 31.3 Å². The van der Waals surface area contributed by atoms with Gasteiger partial charge in [0.25, 0.3) is 11.8 Å². The topological polar surface area (TPSA) is 208 Å². The van der Waals surface area contributed by atoms with E-state index < -0.39 is 79.7 Å². The van der Waals surface area contributed by atoms with Crippen LogP contribution in [0.2, 0.25) is 18.1 Å². The molecule has 0 bridgehead atoms. The fraction of sp³-hybridized carbons (Fsp3) is 0.537. The number of cyclic esters (lactones) is 1. The molecule has 0 spiro atoms. The Morgan fingerprint density at radius 1 is 1.04 bits per heavy atom. The number of rotatable bonds is 16. The molecule has 5 rings (SSSR count). The largest absolute Gasteiger partial charge is 0.508 e. The number of nitro groups is 1. The number of amides is 2. The monoisotopic (exact) mass is 1030 g/mol. The highest BCUT2D eigenvalue weighted by Gasteiger charge is 2.49. The summed E-state index contributed by atoms with van der Waals surface area (Å²) >= 11 is 1.56. The lowest BCUT2D eigenvalue weighted by atomic mass is 9.71. The minimum Gasteiger partial charge on any atom is -0.457 e. The number of Topliss-reactive ketones (excluding diaryl/α,β-unsaturated/α-hetero) is 1. The molecule has 2 aliphatic rings. The van der Waals surface area contributed by atoms with Crippen LogP contribution in [-0.2, 0) is 49.2 Å². The maximum Gasteiger partial charge on any atom is 0.508 e. The number of ketones is 1. The second-order valence-electron chi connectivity index (χ2n) is 21.0. The summed E-state index contributed by atoms with van der Waals surface area (Å²) in [6.45, 7) is 23.8. The molecule has 16 nitrogen and oxygen atoms in total. The first-order valence-electron chi connectivity index (χ1n) is 24.7. The van der Waals surface area contributed by atoms with Crippen molar-refractivity contribution in [2.75, 3.05) is 6.54 Å². The maximum absolute atomic E-state index is 15.3. The number of nitro benzene ring substituents is 1. The molecule has 0 fully saturated rings. The van der Waals surface area contributed by atoms with Gasteiger partial charge in [0.05, 0.1) is 38.1 Å². The number of benzene rings is 2. The molecule has 72 heavy (non-hydrogen) atoms. The number of thiazole rings is 1. The van der Waals surface area contributed by atoms with E-state index in [-0.39, 0.29) is 59.3 Å². The van der Waals surface area contributed by atoms with Crippen LogP contribution >= 0.6 is 11.3 Å². The van der Waals surface area contributed by atoms with E-state index in [0.29, 0.717) is 25.7 Å². The number of nitrogens with zero attached hydrogens (tertiary/aromatic N) is 3. The van der Waals surface area contributed by atoms with Crippen molar-refractivity contribution in [3.05, 3.63) is 99.1 Å². The van der Waals surface area contributed by atoms with Crippen molar-refractivity contribution in [2.45, 2.75) is 163 Å². The molecule has 0 aliphatic carbocycles. The molecule has 2 aliphatic heterocycles. The summed E-state index contributed by atoms with van der Waals surface area (Å²) in [5, 5.41) is 12.9. The summed E-state index contributed by atoms with van der Waals surface area (Å²) in [5.41, 5.74) is 0.734.